The largest absolute Gasteiger partial charge is 0.331 e. The molecule has 0 fully saturated rings. The van der Waals surface area contributed by atoms with Crippen molar-refractivity contribution < 1.29 is 9.69 Å². The van der Waals surface area contributed by atoms with Crippen LogP contribution in [-0.4, -0.2) is 25.9 Å². The fraction of sp³-hybridized carbons (Fsp3) is 0.222. The van der Waals surface area contributed by atoms with Crippen LogP contribution in [0.25, 0.3) is 0 Å². The zero-order chi connectivity index (χ0) is 15.2. The van der Waals surface area contributed by atoms with Crippen molar-refractivity contribution >= 4 is 5.78 Å². The molecule has 3 heteroatoms. The van der Waals surface area contributed by atoms with E-state index in [2.05, 4.69) is 6.07 Å². The fourth-order valence-electron chi connectivity index (χ4n) is 2.31. The number of hydrogen-bond acceptors (Lipinski definition) is 2. The molecule has 0 unspecified atom stereocenters. The van der Waals surface area contributed by atoms with Gasteiger partial charge in [-0.05, 0) is 17.7 Å². The third-order valence-electron chi connectivity index (χ3n) is 3.59. The molecule has 0 spiro atoms. The summed E-state index contributed by atoms with van der Waals surface area (Å²) >= 11 is 0. The molecule has 0 aliphatic carbocycles. The summed E-state index contributed by atoms with van der Waals surface area (Å²) in [6.07, 6.45) is 0.668. The molecule has 0 bridgehead atoms. The maximum atomic E-state index is 12.6. The molecule has 0 aliphatic rings. The van der Waals surface area contributed by atoms with Gasteiger partial charge in [-0.15, -0.1) is 0 Å². The molecule has 3 nitrogen and oxygen atoms in total. The van der Waals surface area contributed by atoms with Gasteiger partial charge in [-0.2, -0.15) is 5.26 Å². The number of nitrogens with one attached hydrogen (secondary N) is 1. The first-order valence-electron chi connectivity index (χ1n) is 7.00. The summed E-state index contributed by atoms with van der Waals surface area (Å²) in [5.74, 6) is 0.153. The lowest BCUT2D eigenvalue weighted by molar-refractivity contribution is -0.874. The second kappa shape index (κ2) is 6.83. The molecule has 2 aromatic rings. The van der Waals surface area contributed by atoms with E-state index in [4.69, 9.17) is 5.26 Å². The molecule has 1 N–H and O–H groups in total. The molecule has 0 amide bonds. The highest BCUT2D eigenvalue weighted by Gasteiger charge is 2.25. The Morgan fingerprint density at radius 2 is 1.71 bits per heavy atom. The Labute approximate surface area is 125 Å². The number of rotatable bonds is 5. The maximum absolute atomic E-state index is 12.6. The molecular formula is C18H19N2O+. The van der Waals surface area contributed by atoms with Crippen LogP contribution in [0.4, 0.5) is 0 Å². The topological polar surface area (TPSA) is 45.3 Å². The van der Waals surface area contributed by atoms with Crippen LogP contribution in [0.3, 0.4) is 0 Å². The number of carbonyl (C=O) groups is 1. The van der Waals surface area contributed by atoms with Crippen molar-refractivity contribution in [2.24, 2.45) is 0 Å². The predicted octanol–water partition coefficient (Wildman–Crippen LogP) is 1.50. The van der Waals surface area contributed by atoms with Gasteiger partial charge in [0, 0.05) is 12.0 Å². The van der Waals surface area contributed by atoms with E-state index in [0.717, 1.165) is 16.0 Å². The number of hydrogen-bond donors (Lipinski definition) is 1. The quantitative estimate of drug-likeness (QED) is 0.843. The van der Waals surface area contributed by atoms with E-state index >= 15 is 0 Å². The van der Waals surface area contributed by atoms with Gasteiger partial charge in [0.2, 0.25) is 5.78 Å². The lowest BCUT2D eigenvalue weighted by Crippen LogP contribution is -3.11. The van der Waals surface area contributed by atoms with Crippen molar-refractivity contribution in [1.29, 1.82) is 5.26 Å². The Balaban J connectivity index is 2.19. The highest BCUT2D eigenvalue weighted by molar-refractivity contribution is 5.99. The monoisotopic (exact) mass is 279 g/mol. The Morgan fingerprint density at radius 3 is 2.24 bits per heavy atom. The Bertz CT molecular complexity index is 639. The Kier molecular flexibility index (Phi) is 4.86. The van der Waals surface area contributed by atoms with Gasteiger partial charge in [0.05, 0.1) is 25.7 Å². The van der Waals surface area contributed by atoms with Gasteiger partial charge in [-0.1, -0.05) is 42.5 Å². The van der Waals surface area contributed by atoms with Crippen LogP contribution in [0.5, 0.6) is 0 Å². The second-order valence-electron chi connectivity index (χ2n) is 5.37. The highest BCUT2D eigenvalue weighted by Crippen LogP contribution is 2.09. The normalized spacial score (nSPS) is 11.9. The molecule has 1 atom stereocenters. The number of benzene rings is 2. The summed E-state index contributed by atoms with van der Waals surface area (Å²) in [7, 11) is 3.99. The number of Topliss-reactive ketones (excluding diaryl/α,β-unsaturated/α-hetero) is 1. The fourth-order valence-corrected chi connectivity index (χ4v) is 2.31. The van der Waals surface area contributed by atoms with Crippen molar-refractivity contribution in [3.8, 4) is 6.07 Å². The maximum Gasteiger partial charge on any atom is 0.220 e. The molecule has 21 heavy (non-hydrogen) atoms. The van der Waals surface area contributed by atoms with Gasteiger partial charge < -0.3 is 4.90 Å². The van der Waals surface area contributed by atoms with E-state index in [9.17, 15) is 4.79 Å². The van der Waals surface area contributed by atoms with Crippen molar-refractivity contribution in [3.63, 3.8) is 0 Å². The Hall–Kier alpha value is -2.44. The number of carbonyl (C=O) groups excluding carboxylic acids is 1. The van der Waals surface area contributed by atoms with E-state index in [1.54, 1.807) is 12.1 Å². The first-order chi connectivity index (χ1) is 10.1. The van der Waals surface area contributed by atoms with Gasteiger partial charge in [0.25, 0.3) is 0 Å². The van der Waals surface area contributed by atoms with E-state index in [0.29, 0.717) is 12.0 Å². The van der Waals surface area contributed by atoms with Gasteiger partial charge in [-0.25, -0.2) is 0 Å². The smallest absolute Gasteiger partial charge is 0.220 e. The van der Waals surface area contributed by atoms with Crippen LogP contribution >= 0.6 is 0 Å². The third-order valence-corrected chi connectivity index (χ3v) is 3.59. The van der Waals surface area contributed by atoms with Crippen LogP contribution in [0, 0.1) is 11.3 Å². The molecule has 0 saturated heterocycles. The van der Waals surface area contributed by atoms with Crippen LogP contribution in [-0.2, 0) is 6.42 Å². The van der Waals surface area contributed by atoms with E-state index in [1.807, 2.05) is 56.6 Å². The zero-order valence-electron chi connectivity index (χ0n) is 12.3. The summed E-state index contributed by atoms with van der Waals surface area (Å²) in [6, 6.07) is 18.8. The second-order valence-corrected chi connectivity index (χ2v) is 5.37. The van der Waals surface area contributed by atoms with E-state index in [-0.39, 0.29) is 11.8 Å². The minimum absolute atomic E-state index is 0.125. The van der Waals surface area contributed by atoms with Crippen molar-refractivity contribution in [2.75, 3.05) is 14.1 Å². The SMILES string of the molecule is C[NH+](C)[C@H](Cc1ccc(C#N)cc1)C(=O)c1ccccc1. The molecule has 0 heterocycles. The lowest BCUT2D eigenvalue weighted by atomic mass is 9.96. The first kappa shape index (κ1) is 15.0. The minimum atomic E-state index is -0.125. The van der Waals surface area contributed by atoms with Gasteiger partial charge in [0.1, 0.15) is 0 Å². The van der Waals surface area contributed by atoms with E-state index in [1.165, 1.54) is 0 Å². The molecule has 2 aromatic carbocycles. The van der Waals surface area contributed by atoms with Crippen LogP contribution in [0.15, 0.2) is 54.6 Å². The van der Waals surface area contributed by atoms with Crippen molar-refractivity contribution in [3.05, 3.63) is 71.3 Å². The third kappa shape index (κ3) is 3.77. The number of nitrogens with zero attached hydrogens (tertiary/aromatic N) is 1. The summed E-state index contributed by atoms with van der Waals surface area (Å²) in [5.41, 5.74) is 2.46. The Morgan fingerprint density at radius 1 is 1.10 bits per heavy atom. The molecular weight excluding hydrogens is 260 g/mol. The zero-order valence-corrected chi connectivity index (χ0v) is 12.3. The molecule has 106 valence electrons. The lowest BCUT2D eigenvalue weighted by Gasteiger charge is -2.20. The van der Waals surface area contributed by atoms with Crippen LogP contribution in [0.1, 0.15) is 21.5 Å². The summed E-state index contributed by atoms with van der Waals surface area (Å²) in [6.45, 7) is 0. The van der Waals surface area contributed by atoms with E-state index < -0.39 is 0 Å². The van der Waals surface area contributed by atoms with Crippen molar-refractivity contribution in [1.82, 2.24) is 0 Å². The molecule has 0 saturated carbocycles. The van der Waals surface area contributed by atoms with Crippen LogP contribution in [0.2, 0.25) is 0 Å². The number of likely N-dealkylation sites (N-methyl/N-ethyl adjacent to an activating group) is 1. The molecule has 0 radical (unpaired) electrons. The average Bonchev–Trinajstić information content (AvgIpc) is 2.53. The van der Waals surface area contributed by atoms with Gasteiger partial charge >= 0.3 is 0 Å². The predicted molar refractivity (Wildman–Crippen MR) is 82.2 cm³/mol. The molecule has 0 aliphatic heterocycles. The first-order valence-corrected chi connectivity index (χ1v) is 7.00. The summed E-state index contributed by atoms with van der Waals surface area (Å²) in [5, 5.41) is 8.83. The number of ketones is 1. The van der Waals surface area contributed by atoms with Crippen LogP contribution < -0.4 is 4.90 Å². The molecule has 0 aromatic heterocycles. The highest BCUT2D eigenvalue weighted by atomic mass is 16.1. The van der Waals surface area contributed by atoms with Gasteiger partial charge in [-0.3, -0.25) is 4.79 Å². The minimum Gasteiger partial charge on any atom is -0.331 e. The average molecular weight is 279 g/mol. The number of nitriles is 1. The summed E-state index contributed by atoms with van der Waals surface area (Å²) < 4.78 is 0. The number of quaternary nitrogens is 1. The standard InChI is InChI=1S/C18H18N2O/c1-20(2)17(18(21)16-6-4-3-5-7-16)12-14-8-10-15(13-19)11-9-14/h3-11,17H,12H2,1-2H3/p+1/t17-/m1/s1. The summed E-state index contributed by atoms with van der Waals surface area (Å²) in [4.78, 5) is 13.7. The van der Waals surface area contributed by atoms with Crippen molar-refractivity contribution in [2.45, 2.75) is 12.5 Å². The molecule has 2 rings (SSSR count). The van der Waals surface area contributed by atoms with Gasteiger partial charge in [0.15, 0.2) is 6.04 Å².